The van der Waals surface area contributed by atoms with Crippen molar-refractivity contribution in [2.45, 2.75) is 57.6 Å². The molecule has 1 aromatic heterocycles. The third-order valence-corrected chi connectivity index (χ3v) is 5.51. The summed E-state index contributed by atoms with van der Waals surface area (Å²) < 4.78 is 11.9. The Bertz CT molecular complexity index is 715. The lowest BCUT2D eigenvalue weighted by Gasteiger charge is -2.38. The van der Waals surface area contributed by atoms with Crippen LogP contribution >= 0.6 is 0 Å². The summed E-state index contributed by atoms with van der Waals surface area (Å²) in [6.07, 6.45) is 6.41. The van der Waals surface area contributed by atoms with E-state index in [1.54, 1.807) is 0 Å². The standard InChI is InChI=1S/C20H27NO3/c1-2-23-17-8-6-7-16-15-9-12-21(13-18(15)24-19(16)17)14-20(22)10-4-3-5-11-20/h6-8,22H,2-5,9-14H2,1H3. The molecule has 1 fully saturated rings. The first-order valence-electron chi connectivity index (χ1n) is 9.29. The van der Waals surface area contributed by atoms with Crippen LogP contribution in [0.2, 0.25) is 0 Å². The first kappa shape index (κ1) is 16.0. The van der Waals surface area contributed by atoms with E-state index in [1.165, 1.54) is 17.4 Å². The van der Waals surface area contributed by atoms with Gasteiger partial charge in [-0.15, -0.1) is 0 Å². The lowest BCUT2D eigenvalue weighted by atomic mass is 9.84. The highest BCUT2D eigenvalue weighted by Crippen LogP contribution is 2.37. The van der Waals surface area contributed by atoms with Gasteiger partial charge in [0.2, 0.25) is 0 Å². The van der Waals surface area contributed by atoms with E-state index >= 15 is 0 Å². The smallest absolute Gasteiger partial charge is 0.176 e. The summed E-state index contributed by atoms with van der Waals surface area (Å²) in [5.41, 5.74) is 1.69. The number of nitrogens with zero attached hydrogens (tertiary/aromatic N) is 1. The monoisotopic (exact) mass is 329 g/mol. The van der Waals surface area contributed by atoms with E-state index in [-0.39, 0.29) is 0 Å². The van der Waals surface area contributed by atoms with Gasteiger partial charge in [0.1, 0.15) is 5.76 Å². The van der Waals surface area contributed by atoms with Crippen LogP contribution in [-0.4, -0.2) is 35.3 Å². The van der Waals surface area contributed by atoms with Gasteiger partial charge < -0.3 is 14.3 Å². The molecule has 24 heavy (non-hydrogen) atoms. The van der Waals surface area contributed by atoms with Gasteiger partial charge in [-0.25, -0.2) is 0 Å². The number of furan rings is 1. The summed E-state index contributed by atoms with van der Waals surface area (Å²) >= 11 is 0. The fourth-order valence-corrected chi connectivity index (χ4v) is 4.34. The second-order valence-corrected chi connectivity index (χ2v) is 7.32. The second kappa shape index (κ2) is 6.41. The van der Waals surface area contributed by atoms with Crippen LogP contribution in [0.4, 0.5) is 0 Å². The molecule has 1 aliphatic heterocycles. The summed E-state index contributed by atoms with van der Waals surface area (Å²) in [7, 11) is 0. The highest BCUT2D eigenvalue weighted by Gasteiger charge is 2.33. The Balaban J connectivity index is 1.56. The molecule has 4 rings (SSSR count). The van der Waals surface area contributed by atoms with Gasteiger partial charge in [0.05, 0.1) is 18.8 Å². The molecular weight excluding hydrogens is 302 g/mol. The van der Waals surface area contributed by atoms with Crippen LogP contribution in [0.25, 0.3) is 11.0 Å². The molecule has 0 radical (unpaired) electrons. The van der Waals surface area contributed by atoms with Crippen LogP contribution in [-0.2, 0) is 13.0 Å². The van der Waals surface area contributed by atoms with Crippen molar-refractivity contribution in [2.24, 2.45) is 0 Å². The average molecular weight is 329 g/mol. The van der Waals surface area contributed by atoms with Crippen LogP contribution in [0.5, 0.6) is 5.75 Å². The third kappa shape index (κ3) is 2.93. The average Bonchev–Trinajstić information content (AvgIpc) is 2.94. The number of hydrogen-bond donors (Lipinski definition) is 1. The fraction of sp³-hybridized carbons (Fsp3) is 0.600. The molecule has 1 N–H and O–H groups in total. The van der Waals surface area contributed by atoms with Gasteiger partial charge in [-0.3, -0.25) is 4.90 Å². The highest BCUT2D eigenvalue weighted by molar-refractivity contribution is 5.87. The number of aliphatic hydroxyl groups is 1. The quantitative estimate of drug-likeness (QED) is 0.924. The van der Waals surface area contributed by atoms with Crippen molar-refractivity contribution in [3.8, 4) is 5.75 Å². The molecule has 1 aromatic carbocycles. The molecule has 0 spiro atoms. The molecule has 130 valence electrons. The number of benzene rings is 1. The second-order valence-electron chi connectivity index (χ2n) is 7.32. The SMILES string of the molecule is CCOc1cccc2c3c(oc12)CN(CC1(O)CCCCC1)CC3. The predicted octanol–water partition coefficient (Wildman–Crippen LogP) is 3.88. The molecule has 0 atom stereocenters. The van der Waals surface area contributed by atoms with Gasteiger partial charge in [0.15, 0.2) is 11.3 Å². The Morgan fingerprint density at radius 3 is 2.88 bits per heavy atom. The number of rotatable bonds is 4. The number of ether oxygens (including phenoxy) is 1. The summed E-state index contributed by atoms with van der Waals surface area (Å²) in [6.45, 7) is 5.18. The van der Waals surface area contributed by atoms with Gasteiger partial charge in [0, 0.05) is 24.0 Å². The molecule has 2 heterocycles. The van der Waals surface area contributed by atoms with Crippen molar-refractivity contribution in [3.05, 3.63) is 29.5 Å². The normalized spacial score (nSPS) is 20.9. The van der Waals surface area contributed by atoms with E-state index < -0.39 is 5.60 Å². The van der Waals surface area contributed by atoms with Crippen LogP contribution in [0.15, 0.2) is 22.6 Å². The zero-order valence-corrected chi connectivity index (χ0v) is 14.5. The summed E-state index contributed by atoms with van der Waals surface area (Å²) in [4.78, 5) is 2.36. The van der Waals surface area contributed by atoms with E-state index in [2.05, 4.69) is 11.0 Å². The lowest BCUT2D eigenvalue weighted by molar-refractivity contribution is -0.0304. The molecule has 1 saturated carbocycles. The number of para-hydroxylation sites is 1. The van der Waals surface area contributed by atoms with Gasteiger partial charge in [-0.1, -0.05) is 31.4 Å². The van der Waals surface area contributed by atoms with Gasteiger partial charge in [-0.2, -0.15) is 0 Å². The zero-order valence-electron chi connectivity index (χ0n) is 14.5. The minimum atomic E-state index is -0.502. The minimum Gasteiger partial charge on any atom is -0.490 e. The van der Waals surface area contributed by atoms with Crippen molar-refractivity contribution in [3.63, 3.8) is 0 Å². The van der Waals surface area contributed by atoms with Crippen molar-refractivity contribution in [1.29, 1.82) is 0 Å². The van der Waals surface area contributed by atoms with Crippen LogP contribution in [0.3, 0.4) is 0 Å². The Morgan fingerprint density at radius 2 is 2.08 bits per heavy atom. The Hall–Kier alpha value is -1.52. The van der Waals surface area contributed by atoms with E-state index in [4.69, 9.17) is 9.15 Å². The highest BCUT2D eigenvalue weighted by atomic mass is 16.5. The van der Waals surface area contributed by atoms with Gasteiger partial charge >= 0.3 is 0 Å². The van der Waals surface area contributed by atoms with Crippen molar-refractivity contribution >= 4 is 11.0 Å². The number of fused-ring (bicyclic) bond motifs is 3. The first-order valence-corrected chi connectivity index (χ1v) is 9.29. The van der Waals surface area contributed by atoms with Crippen molar-refractivity contribution in [1.82, 2.24) is 4.90 Å². The third-order valence-electron chi connectivity index (χ3n) is 5.51. The number of hydrogen-bond acceptors (Lipinski definition) is 4. The maximum Gasteiger partial charge on any atom is 0.176 e. The van der Waals surface area contributed by atoms with Crippen molar-refractivity contribution in [2.75, 3.05) is 19.7 Å². The maximum atomic E-state index is 10.8. The molecule has 2 aromatic rings. The van der Waals surface area contributed by atoms with E-state index in [0.29, 0.717) is 6.61 Å². The summed E-state index contributed by atoms with van der Waals surface area (Å²) in [5, 5.41) is 12.0. The molecule has 4 heteroatoms. The molecule has 0 amide bonds. The van der Waals surface area contributed by atoms with E-state index in [0.717, 1.165) is 68.8 Å². The van der Waals surface area contributed by atoms with Crippen LogP contribution < -0.4 is 4.74 Å². The fourth-order valence-electron chi connectivity index (χ4n) is 4.34. The van der Waals surface area contributed by atoms with E-state index in [9.17, 15) is 5.11 Å². The maximum absolute atomic E-state index is 10.8. The predicted molar refractivity (Wildman–Crippen MR) is 94.4 cm³/mol. The van der Waals surface area contributed by atoms with Gasteiger partial charge in [0.25, 0.3) is 0 Å². The first-order chi connectivity index (χ1) is 11.7. The zero-order chi connectivity index (χ0) is 16.6. The molecule has 2 aliphatic rings. The number of β-amino-alcohol motifs (C(OH)–C–C–N with tert-alkyl or cyclic N) is 1. The van der Waals surface area contributed by atoms with Gasteiger partial charge in [-0.05, 0) is 32.3 Å². The topological polar surface area (TPSA) is 45.8 Å². The Morgan fingerprint density at radius 1 is 1.25 bits per heavy atom. The summed E-state index contributed by atoms with van der Waals surface area (Å²) in [6, 6.07) is 6.15. The van der Waals surface area contributed by atoms with Crippen LogP contribution in [0.1, 0.15) is 50.4 Å². The Labute approximate surface area is 143 Å². The molecule has 4 nitrogen and oxygen atoms in total. The van der Waals surface area contributed by atoms with Crippen LogP contribution in [0, 0.1) is 0 Å². The Kier molecular flexibility index (Phi) is 4.27. The molecule has 0 saturated heterocycles. The molecule has 0 bridgehead atoms. The summed E-state index contributed by atoms with van der Waals surface area (Å²) in [5.74, 6) is 1.88. The largest absolute Gasteiger partial charge is 0.490 e. The lowest BCUT2D eigenvalue weighted by Crippen LogP contribution is -2.45. The van der Waals surface area contributed by atoms with Crippen molar-refractivity contribution < 1.29 is 14.3 Å². The molecule has 1 aliphatic carbocycles. The minimum absolute atomic E-state index is 0.502. The molecule has 0 unspecified atom stereocenters. The van der Waals surface area contributed by atoms with E-state index in [1.807, 2.05) is 19.1 Å². The molecular formula is C20H27NO3.